The number of ether oxygens (including phenoxy) is 2. The second-order valence-corrected chi connectivity index (χ2v) is 15.1. The van der Waals surface area contributed by atoms with Crippen LogP contribution in [0.2, 0.25) is 0 Å². The van der Waals surface area contributed by atoms with Crippen LogP contribution in [0.3, 0.4) is 0 Å². The van der Waals surface area contributed by atoms with E-state index in [-0.39, 0.29) is 32.0 Å². The minimum atomic E-state index is -1.11. The molecule has 53 heavy (non-hydrogen) atoms. The van der Waals surface area contributed by atoms with Crippen LogP contribution in [0, 0.1) is 5.41 Å². The third kappa shape index (κ3) is 13.5. The van der Waals surface area contributed by atoms with Gasteiger partial charge >= 0.3 is 12.2 Å². The van der Waals surface area contributed by atoms with Crippen LogP contribution in [0.5, 0.6) is 0 Å². The number of aliphatic hydroxyl groups excluding tert-OH is 2. The molecule has 5 atom stereocenters. The lowest BCUT2D eigenvalue weighted by atomic mass is 9.85. The Hall–Kier alpha value is -4.98. The maximum atomic E-state index is 13.8. The highest BCUT2D eigenvalue weighted by atomic mass is 16.6. The van der Waals surface area contributed by atoms with Gasteiger partial charge in [-0.1, -0.05) is 93.6 Å². The summed E-state index contributed by atoms with van der Waals surface area (Å²) < 4.78 is 16.4. The number of amides is 3. The van der Waals surface area contributed by atoms with Crippen LogP contribution in [0.15, 0.2) is 89.3 Å². The van der Waals surface area contributed by atoms with Crippen molar-refractivity contribution in [1.82, 2.24) is 26.3 Å². The maximum absolute atomic E-state index is 13.8. The van der Waals surface area contributed by atoms with E-state index < -0.39 is 59.4 Å². The molecular formula is C40H53N5O8. The van der Waals surface area contributed by atoms with E-state index in [1.807, 2.05) is 72.8 Å². The number of hydrogen-bond donors (Lipinski definition) is 6. The van der Waals surface area contributed by atoms with E-state index in [0.717, 1.165) is 11.1 Å². The van der Waals surface area contributed by atoms with Crippen molar-refractivity contribution < 1.29 is 38.5 Å². The highest BCUT2D eigenvalue weighted by molar-refractivity contribution is 5.86. The molecule has 1 heterocycles. The first-order chi connectivity index (χ1) is 25.1. The van der Waals surface area contributed by atoms with E-state index in [1.165, 1.54) is 0 Å². The smallest absolute Gasteiger partial charge is 0.408 e. The fourth-order valence-electron chi connectivity index (χ4n) is 5.63. The molecule has 0 unspecified atom stereocenters. The Balaban J connectivity index is 1.40. The molecule has 0 spiro atoms. The van der Waals surface area contributed by atoms with Crippen LogP contribution in [-0.2, 0) is 33.7 Å². The highest BCUT2D eigenvalue weighted by Crippen LogP contribution is 2.21. The van der Waals surface area contributed by atoms with Crippen LogP contribution in [0.4, 0.5) is 9.59 Å². The first kappa shape index (κ1) is 40.8. The van der Waals surface area contributed by atoms with Crippen LogP contribution in [0.1, 0.15) is 58.6 Å². The second kappa shape index (κ2) is 18.7. The number of alkyl carbamates (subject to hydrolysis) is 2. The van der Waals surface area contributed by atoms with E-state index in [2.05, 4.69) is 26.3 Å². The van der Waals surface area contributed by atoms with Crippen molar-refractivity contribution in [1.29, 1.82) is 0 Å². The van der Waals surface area contributed by atoms with Gasteiger partial charge in [-0.05, 0) is 62.3 Å². The SMILES string of the molecule is CC(C)(C)OC(=O)N[C@@H](Cc1ccccc1)[C@H](O)CNC[C@@H](O)[C@H](Cc1ccccc1)NC(=O)[C@@H](NC(=O)OCc1nc2ccccc2o1)C(C)(C)C. The van der Waals surface area contributed by atoms with Gasteiger partial charge in [-0.3, -0.25) is 4.79 Å². The lowest BCUT2D eigenvalue weighted by Gasteiger charge is -2.33. The minimum absolute atomic E-state index is 0.000506. The zero-order chi connectivity index (χ0) is 38.6. The monoisotopic (exact) mass is 731 g/mol. The Kier molecular flexibility index (Phi) is 14.4. The molecule has 0 fully saturated rings. The summed E-state index contributed by atoms with van der Waals surface area (Å²) in [7, 11) is 0. The van der Waals surface area contributed by atoms with Crippen LogP contribution in [-0.4, -0.2) is 82.3 Å². The number of carbonyl (C=O) groups is 3. The first-order valence-corrected chi connectivity index (χ1v) is 17.8. The van der Waals surface area contributed by atoms with Gasteiger partial charge in [0.1, 0.15) is 17.2 Å². The van der Waals surface area contributed by atoms with Crippen molar-refractivity contribution >= 4 is 29.2 Å². The quantitative estimate of drug-likeness (QED) is 0.0949. The predicted octanol–water partition coefficient (Wildman–Crippen LogP) is 4.64. The van der Waals surface area contributed by atoms with Gasteiger partial charge in [-0.15, -0.1) is 0 Å². The van der Waals surface area contributed by atoms with E-state index >= 15 is 0 Å². The molecule has 0 bridgehead atoms. The van der Waals surface area contributed by atoms with Gasteiger partial charge < -0.3 is 45.4 Å². The number of para-hydroxylation sites is 2. The number of hydrogen-bond acceptors (Lipinski definition) is 10. The lowest BCUT2D eigenvalue weighted by Crippen LogP contribution is -2.58. The number of benzene rings is 3. The molecule has 1 aromatic heterocycles. The van der Waals surface area contributed by atoms with Crippen molar-refractivity contribution in [2.75, 3.05) is 13.1 Å². The molecule has 0 saturated carbocycles. The number of rotatable bonds is 16. The fourth-order valence-corrected chi connectivity index (χ4v) is 5.63. The summed E-state index contributed by atoms with van der Waals surface area (Å²) in [5.41, 5.74) is 1.53. The number of aromatic nitrogens is 1. The van der Waals surface area contributed by atoms with Gasteiger partial charge in [0.2, 0.25) is 11.8 Å². The molecular weight excluding hydrogens is 678 g/mol. The summed E-state index contributed by atoms with van der Waals surface area (Å²) >= 11 is 0. The average Bonchev–Trinajstić information content (AvgIpc) is 3.52. The topological polar surface area (TPSA) is 184 Å². The van der Waals surface area contributed by atoms with Gasteiger partial charge in [0, 0.05) is 13.1 Å². The van der Waals surface area contributed by atoms with Gasteiger partial charge in [-0.2, -0.15) is 0 Å². The summed E-state index contributed by atoms with van der Waals surface area (Å²) in [6.45, 7) is 10.5. The van der Waals surface area contributed by atoms with E-state index in [0.29, 0.717) is 17.5 Å². The lowest BCUT2D eigenvalue weighted by molar-refractivity contribution is -0.127. The van der Waals surface area contributed by atoms with Crippen LogP contribution < -0.4 is 21.3 Å². The van der Waals surface area contributed by atoms with Gasteiger partial charge in [0.25, 0.3) is 0 Å². The standard InChI is InChI=1S/C40H53N5O8/c1-39(2,3)35(45-37(49)51-25-34-42-28-19-13-14-20-33(28)52-34)36(48)43-29(21-26-15-9-7-10-16-26)31(46)23-41-24-32(47)30(22-27-17-11-8-12-18-27)44-38(50)53-40(4,5)6/h7-20,29-32,35,41,46-47H,21-25H2,1-6H3,(H,43,48)(H,44,50)(H,45,49)/t29-,30-,31+,32+,35+/m0/s1. The first-order valence-electron chi connectivity index (χ1n) is 17.8. The molecule has 13 nitrogen and oxygen atoms in total. The molecule has 13 heteroatoms. The Morgan fingerprint density at radius 3 is 1.77 bits per heavy atom. The number of carbonyl (C=O) groups excluding carboxylic acids is 3. The largest absolute Gasteiger partial charge is 0.444 e. The van der Waals surface area contributed by atoms with Gasteiger partial charge in [0.05, 0.1) is 24.3 Å². The second-order valence-electron chi connectivity index (χ2n) is 15.1. The summed E-state index contributed by atoms with van der Waals surface area (Å²) in [5.74, 6) is -0.297. The molecule has 3 amide bonds. The third-order valence-corrected chi connectivity index (χ3v) is 8.32. The molecule has 0 radical (unpaired) electrons. The average molecular weight is 732 g/mol. The fraction of sp³-hybridized carbons (Fsp3) is 0.450. The normalized spacial score (nSPS) is 14.7. The number of fused-ring (bicyclic) bond motifs is 1. The Bertz CT molecular complexity index is 1720. The van der Waals surface area contributed by atoms with Crippen molar-refractivity contribution in [3.63, 3.8) is 0 Å². The number of nitrogens with zero attached hydrogens (tertiary/aromatic N) is 1. The van der Waals surface area contributed by atoms with E-state index in [9.17, 15) is 24.6 Å². The zero-order valence-electron chi connectivity index (χ0n) is 31.3. The summed E-state index contributed by atoms with van der Waals surface area (Å²) in [6.07, 6.45) is -3.01. The van der Waals surface area contributed by atoms with Crippen molar-refractivity contribution in [2.24, 2.45) is 5.41 Å². The molecule has 0 aliphatic rings. The van der Waals surface area contributed by atoms with Crippen molar-refractivity contribution in [3.8, 4) is 0 Å². The molecule has 4 aromatic rings. The maximum Gasteiger partial charge on any atom is 0.408 e. The van der Waals surface area contributed by atoms with Gasteiger partial charge in [0.15, 0.2) is 12.2 Å². The number of oxazole rings is 1. The van der Waals surface area contributed by atoms with Crippen molar-refractivity contribution in [2.45, 2.75) is 96.9 Å². The summed E-state index contributed by atoms with van der Waals surface area (Å²) in [6, 6.07) is 23.5. The summed E-state index contributed by atoms with van der Waals surface area (Å²) in [4.78, 5) is 43.7. The van der Waals surface area contributed by atoms with Crippen molar-refractivity contribution in [3.05, 3.63) is 102 Å². The molecule has 0 saturated heterocycles. The van der Waals surface area contributed by atoms with E-state index in [1.54, 1.807) is 53.7 Å². The third-order valence-electron chi connectivity index (χ3n) is 8.32. The molecule has 0 aliphatic carbocycles. The molecule has 3 aromatic carbocycles. The zero-order valence-corrected chi connectivity index (χ0v) is 31.3. The van der Waals surface area contributed by atoms with Gasteiger partial charge in [-0.25, -0.2) is 14.6 Å². The molecule has 4 rings (SSSR count). The molecule has 286 valence electrons. The highest BCUT2D eigenvalue weighted by Gasteiger charge is 2.36. The van der Waals surface area contributed by atoms with Crippen LogP contribution in [0.25, 0.3) is 11.1 Å². The molecule has 6 N–H and O–H groups in total. The number of aliphatic hydroxyl groups is 2. The molecule has 0 aliphatic heterocycles. The Morgan fingerprint density at radius 1 is 0.717 bits per heavy atom. The minimum Gasteiger partial charge on any atom is -0.444 e. The summed E-state index contributed by atoms with van der Waals surface area (Å²) in [5, 5.41) is 34.1. The Labute approximate surface area is 310 Å². The van der Waals surface area contributed by atoms with E-state index in [4.69, 9.17) is 13.9 Å². The predicted molar refractivity (Wildman–Crippen MR) is 201 cm³/mol. The number of nitrogens with one attached hydrogen (secondary N) is 4. The van der Waals surface area contributed by atoms with Crippen LogP contribution >= 0.6 is 0 Å². The Morgan fingerprint density at radius 2 is 1.25 bits per heavy atom.